The molecular weight excluding hydrogens is 198 g/mol. The van der Waals surface area contributed by atoms with Crippen LogP contribution in [0.1, 0.15) is 0 Å². The number of rotatable bonds is 4. The highest BCUT2D eigenvalue weighted by molar-refractivity contribution is 5.50. The number of anilines is 1. The Morgan fingerprint density at radius 1 is 1.25 bits per heavy atom. The first kappa shape index (κ1) is 10.6. The van der Waals surface area contributed by atoms with Crippen LogP contribution in [0.5, 0.6) is 5.75 Å². The van der Waals surface area contributed by atoms with Gasteiger partial charge in [0.25, 0.3) is 0 Å². The molecule has 82 valence electrons. The predicted molar refractivity (Wildman–Crippen MR) is 67.0 cm³/mol. The number of benzene rings is 1. The van der Waals surface area contributed by atoms with Gasteiger partial charge in [0.05, 0.1) is 7.11 Å². The molecule has 0 unspecified atom stereocenters. The van der Waals surface area contributed by atoms with Gasteiger partial charge in [0.1, 0.15) is 5.75 Å². The second kappa shape index (κ2) is 4.73. The van der Waals surface area contributed by atoms with Crippen molar-refractivity contribution in [2.45, 2.75) is 0 Å². The van der Waals surface area contributed by atoms with Crippen molar-refractivity contribution in [1.82, 2.24) is 0 Å². The molecule has 0 aliphatic heterocycles. The first-order valence-electron chi connectivity index (χ1n) is 5.27. The minimum absolute atomic E-state index is 0.874. The Morgan fingerprint density at radius 2 is 2.00 bits per heavy atom. The highest BCUT2D eigenvalue weighted by Gasteiger charge is 2.03. The zero-order chi connectivity index (χ0) is 11.4. The highest BCUT2D eigenvalue weighted by Crippen LogP contribution is 2.19. The molecule has 0 saturated heterocycles. The van der Waals surface area contributed by atoms with Gasteiger partial charge in [0.2, 0.25) is 0 Å². The summed E-state index contributed by atoms with van der Waals surface area (Å²) in [5.74, 6) is 0.886. The fraction of sp³-hybridized carbons (Fsp3) is 0.214. The smallest absolute Gasteiger partial charge is 0.119 e. The van der Waals surface area contributed by atoms with E-state index in [-0.39, 0.29) is 0 Å². The van der Waals surface area contributed by atoms with Crippen LogP contribution in [0.25, 0.3) is 0 Å². The van der Waals surface area contributed by atoms with Crippen molar-refractivity contribution >= 4 is 5.69 Å². The first-order chi connectivity index (χ1) is 7.79. The van der Waals surface area contributed by atoms with E-state index < -0.39 is 0 Å². The average molecular weight is 213 g/mol. The van der Waals surface area contributed by atoms with Gasteiger partial charge < -0.3 is 9.64 Å². The van der Waals surface area contributed by atoms with E-state index in [1.807, 2.05) is 24.3 Å². The lowest BCUT2D eigenvalue weighted by Gasteiger charge is -2.19. The van der Waals surface area contributed by atoms with Gasteiger partial charge >= 0.3 is 0 Å². The summed E-state index contributed by atoms with van der Waals surface area (Å²) in [4.78, 5) is 2.19. The van der Waals surface area contributed by atoms with Gasteiger partial charge in [-0.2, -0.15) is 0 Å². The fourth-order valence-electron chi connectivity index (χ4n) is 1.65. The van der Waals surface area contributed by atoms with Gasteiger partial charge in [-0.3, -0.25) is 0 Å². The fourth-order valence-corrected chi connectivity index (χ4v) is 1.65. The minimum Gasteiger partial charge on any atom is -0.497 e. The maximum atomic E-state index is 5.13. The van der Waals surface area contributed by atoms with Crippen LogP contribution in [-0.4, -0.2) is 20.7 Å². The third kappa shape index (κ3) is 2.36. The van der Waals surface area contributed by atoms with Gasteiger partial charge in [0, 0.05) is 24.9 Å². The molecule has 2 rings (SSSR count). The molecule has 0 fully saturated rings. The van der Waals surface area contributed by atoms with Crippen LogP contribution in [0.15, 0.2) is 53.8 Å². The van der Waals surface area contributed by atoms with Crippen molar-refractivity contribution in [2.75, 3.05) is 25.6 Å². The molecule has 0 heterocycles. The van der Waals surface area contributed by atoms with Gasteiger partial charge in [-0.1, -0.05) is 6.08 Å². The Hall–Kier alpha value is -1.92. The normalized spacial score (nSPS) is 12.8. The molecule has 1 aromatic rings. The average Bonchev–Trinajstić information content (AvgIpc) is 2.82. The van der Waals surface area contributed by atoms with Crippen LogP contribution >= 0.6 is 0 Å². The largest absolute Gasteiger partial charge is 0.497 e. The lowest BCUT2D eigenvalue weighted by Crippen LogP contribution is -2.18. The molecule has 0 radical (unpaired) electrons. The molecule has 2 nitrogen and oxygen atoms in total. The van der Waals surface area contributed by atoms with Crippen LogP contribution in [0.3, 0.4) is 0 Å². The molecule has 16 heavy (non-hydrogen) atoms. The summed E-state index contributed by atoms with van der Waals surface area (Å²) in [5, 5.41) is 0. The number of allylic oxidation sites excluding steroid dienone is 1. The number of methoxy groups -OCH3 is 1. The number of ether oxygens (including phenoxy) is 1. The maximum absolute atomic E-state index is 5.13. The van der Waals surface area contributed by atoms with E-state index in [1.165, 1.54) is 11.3 Å². The van der Waals surface area contributed by atoms with Crippen LogP contribution in [0.2, 0.25) is 0 Å². The SMILES string of the molecule is COc1ccc(N(C)CC2=C=CC=C2)cc1. The van der Waals surface area contributed by atoms with Crippen molar-refractivity contribution in [2.24, 2.45) is 0 Å². The summed E-state index contributed by atoms with van der Waals surface area (Å²) in [5.41, 5.74) is 5.58. The lowest BCUT2D eigenvalue weighted by atomic mass is 10.2. The summed E-state index contributed by atoms with van der Waals surface area (Å²) in [6.45, 7) is 0.874. The predicted octanol–water partition coefficient (Wildman–Crippen LogP) is 2.78. The van der Waals surface area contributed by atoms with Gasteiger partial charge in [-0.15, -0.1) is 5.73 Å². The number of nitrogens with zero attached hydrogens (tertiary/aromatic N) is 1. The molecule has 0 bridgehead atoms. The molecule has 1 aliphatic rings. The second-order valence-electron chi connectivity index (χ2n) is 3.75. The van der Waals surface area contributed by atoms with Crippen LogP contribution < -0.4 is 9.64 Å². The van der Waals surface area contributed by atoms with E-state index in [0.717, 1.165) is 12.3 Å². The zero-order valence-electron chi connectivity index (χ0n) is 9.60. The Kier molecular flexibility index (Phi) is 3.13. The third-order valence-corrected chi connectivity index (χ3v) is 2.58. The van der Waals surface area contributed by atoms with Gasteiger partial charge in [-0.05, 0) is 36.4 Å². The van der Waals surface area contributed by atoms with Crippen LogP contribution in [0, 0.1) is 0 Å². The maximum Gasteiger partial charge on any atom is 0.119 e. The summed E-state index contributed by atoms with van der Waals surface area (Å²) in [7, 11) is 3.75. The molecule has 1 aliphatic carbocycles. The number of hydrogen-bond acceptors (Lipinski definition) is 2. The summed E-state index contributed by atoms with van der Waals surface area (Å²) >= 11 is 0. The Morgan fingerprint density at radius 3 is 2.56 bits per heavy atom. The molecule has 0 atom stereocenters. The van der Waals surface area contributed by atoms with E-state index in [4.69, 9.17) is 4.74 Å². The quantitative estimate of drug-likeness (QED) is 0.713. The van der Waals surface area contributed by atoms with E-state index in [9.17, 15) is 0 Å². The van der Waals surface area contributed by atoms with Crippen molar-refractivity contribution in [3.05, 3.63) is 53.8 Å². The lowest BCUT2D eigenvalue weighted by molar-refractivity contribution is 0.415. The van der Waals surface area contributed by atoms with Crippen molar-refractivity contribution in [3.63, 3.8) is 0 Å². The molecule has 0 N–H and O–H groups in total. The minimum atomic E-state index is 0.874. The van der Waals surface area contributed by atoms with Crippen LogP contribution in [-0.2, 0) is 0 Å². The summed E-state index contributed by atoms with van der Waals surface area (Å²) in [6.07, 6.45) is 6.04. The third-order valence-electron chi connectivity index (χ3n) is 2.58. The second-order valence-corrected chi connectivity index (χ2v) is 3.75. The van der Waals surface area contributed by atoms with E-state index in [2.05, 4.69) is 35.9 Å². The van der Waals surface area contributed by atoms with Crippen molar-refractivity contribution < 1.29 is 4.74 Å². The topological polar surface area (TPSA) is 12.5 Å². The first-order valence-corrected chi connectivity index (χ1v) is 5.27. The molecule has 0 aromatic heterocycles. The Balaban J connectivity index is 2.05. The van der Waals surface area contributed by atoms with Gasteiger partial charge in [-0.25, -0.2) is 0 Å². The number of likely N-dealkylation sites (N-methyl/N-ethyl adjacent to an activating group) is 1. The van der Waals surface area contributed by atoms with E-state index in [1.54, 1.807) is 7.11 Å². The standard InChI is InChI=1S/C14H15NO/c1-15(11-12-5-3-4-6-12)13-7-9-14(16-2)10-8-13/h3-5,7-10H,11H2,1-2H3. The van der Waals surface area contributed by atoms with E-state index >= 15 is 0 Å². The van der Waals surface area contributed by atoms with Crippen molar-refractivity contribution in [3.8, 4) is 5.75 Å². The summed E-state index contributed by atoms with van der Waals surface area (Å²) in [6, 6.07) is 8.06. The monoisotopic (exact) mass is 213 g/mol. The number of hydrogen-bond donors (Lipinski definition) is 0. The van der Waals surface area contributed by atoms with E-state index in [0.29, 0.717) is 0 Å². The Bertz CT molecular complexity index is 450. The molecule has 0 saturated carbocycles. The molecule has 0 amide bonds. The summed E-state index contributed by atoms with van der Waals surface area (Å²) < 4.78 is 5.13. The Labute approximate surface area is 96.1 Å². The molecule has 2 heteroatoms. The van der Waals surface area contributed by atoms with Crippen molar-refractivity contribution in [1.29, 1.82) is 0 Å². The molecular formula is C14H15NO. The zero-order valence-corrected chi connectivity index (χ0v) is 9.60. The molecule has 1 aromatic carbocycles. The highest BCUT2D eigenvalue weighted by atomic mass is 16.5. The van der Waals surface area contributed by atoms with Crippen LogP contribution in [0.4, 0.5) is 5.69 Å². The molecule has 0 spiro atoms. The van der Waals surface area contributed by atoms with Gasteiger partial charge in [0.15, 0.2) is 0 Å².